The van der Waals surface area contributed by atoms with Crippen molar-refractivity contribution < 1.29 is 13.9 Å². The van der Waals surface area contributed by atoms with Crippen LogP contribution in [0.2, 0.25) is 0 Å². The number of fused-ring (bicyclic) bond motifs is 2. The Morgan fingerprint density at radius 1 is 0.905 bits per heavy atom. The molecule has 1 saturated heterocycles. The average Bonchev–Trinajstić information content (AvgIpc) is 3.32. The van der Waals surface area contributed by atoms with Crippen LogP contribution in [0, 0.1) is 12.7 Å². The van der Waals surface area contributed by atoms with Gasteiger partial charge in [-0.25, -0.2) is 9.07 Å². The first-order chi connectivity index (χ1) is 20.4. The van der Waals surface area contributed by atoms with Crippen LogP contribution in [0.15, 0.2) is 71.8 Å². The summed E-state index contributed by atoms with van der Waals surface area (Å²) in [5.41, 5.74) is 2.24. The molecule has 5 aromatic rings. The van der Waals surface area contributed by atoms with Gasteiger partial charge < -0.3 is 19.3 Å². The Hall–Kier alpha value is -4.28. The Morgan fingerprint density at radius 2 is 1.74 bits per heavy atom. The van der Waals surface area contributed by atoms with E-state index in [1.807, 2.05) is 37.4 Å². The van der Waals surface area contributed by atoms with Crippen LogP contribution in [0.25, 0.3) is 27.6 Å². The van der Waals surface area contributed by atoms with E-state index in [4.69, 9.17) is 9.47 Å². The number of hydrogen-bond acceptors (Lipinski definition) is 7. The van der Waals surface area contributed by atoms with Crippen LogP contribution in [0.3, 0.4) is 0 Å². The van der Waals surface area contributed by atoms with Crippen LogP contribution in [0.5, 0.6) is 11.5 Å². The number of pyridine rings is 1. The number of halogens is 1. The molecule has 2 aromatic carbocycles. The van der Waals surface area contributed by atoms with Crippen molar-refractivity contribution in [1.29, 1.82) is 0 Å². The molecule has 0 bridgehead atoms. The minimum atomic E-state index is -0.326. The molecule has 1 aliphatic rings. The summed E-state index contributed by atoms with van der Waals surface area (Å²) >= 11 is 0. The van der Waals surface area contributed by atoms with Gasteiger partial charge in [0.15, 0.2) is 5.82 Å². The van der Waals surface area contributed by atoms with E-state index in [0.717, 1.165) is 66.7 Å². The summed E-state index contributed by atoms with van der Waals surface area (Å²) in [6.07, 6.45) is 4.58. The van der Waals surface area contributed by atoms with E-state index in [1.54, 1.807) is 22.9 Å². The largest absolute Gasteiger partial charge is 0.493 e. The lowest BCUT2D eigenvalue weighted by atomic mass is 10.2. The number of ether oxygens (including phenoxy) is 2. The van der Waals surface area contributed by atoms with Gasteiger partial charge in [0.25, 0.3) is 5.56 Å². The summed E-state index contributed by atoms with van der Waals surface area (Å²) in [4.78, 5) is 21.9. The van der Waals surface area contributed by atoms with Crippen molar-refractivity contribution in [3.05, 3.63) is 88.7 Å². The quantitative estimate of drug-likeness (QED) is 0.232. The maximum atomic E-state index is 14.0. The van der Waals surface area contributed by atoms with Crippen LogP contribution in [-0.2, 0) is 6.54 Å². The van der Waals surface area contributed by atoms with Crippen molar-refractivity contribution in [1.82, 2.24) is 29.1 Å². The van der Waals surface area contributed by atoms with Crippen molar-refractivity contribution in [2.45, 2.75) is 19.9 Å². The Bertz CT molecular complexity index is 1760. The number of piperazine rings is 1. The highest BCUT2D eigenvalue weighted by atomic mass is 19.1. The van der Waals surface area contributed by atoms with Crippen LogP contribution < -0.4 is 15.0 Å². The molecule has 1 fully saturated rings. The molecule has 0 N–H and O–H groups in total. The van der Waals surface area contributed by atoms with Gasteiger partial charge in [-0.15, -0.1) is 0 Å². The molecule has 0 spiro atoms. The molecule has 4 heterocycles. The summed E-state index contributed by atoms with van der Waals surface area (Å²) in [6.45, 7) is 8.60. The van der Waals surface area contributed by atoms with Crippen molar-refractivity contribution in [2.24, 2.45) is 0 Å². The van der Waals surface area contributed by atoms with Gasteiger partial charge in [0.05, 0.1) is 24.2 Å². The zero-order chi connectivity index (χ0) is 29.1. The second kappa shape index (κ2) is 12.3. The first-order valence-corrected chi connectivity index (χ1v) is 14.4. The first kappa shape index (κ1) is 27.9. The van der Waals surface area contributed by atoms with E-state index in [0.29, 0.717) is 23.7 Å². The number of benzene rings is 2. The van der Waals surface area contributed by atoms with Gasteiger partial charge in [-0.1, -0.05) is 0 Å². The number of hydrogen-bond donors (Lipinski definition) is 0. The third-order valence-corrected chi connectivity index (χ3v) is 7.78. The van der Waals surface area contributed by atoms with Crippen molar-refractivity contribution >= 4 is 21.8 Å². The van der Waals surface area contributed by atoms with Crippen LogP contribution >= 0.6 is 0 Å². The molecular formula is C32H35FN6O3. The van der Waals surface area contributed by atoms with Gasteiger partial charge in [0, 0.05) is 68.0 Å². The molecule has 0 radical (unpaired) electrons. The molecule has 0 atom stereocenters. The molecule has 0 saturated carbocycles. The third-order valence-electron chi connectivity index (χ3n) is 7.78. The average molecular weight is 571 g/mol. The lowest BCUT2D eigenvalue weighted by molar-refractivity contribution is 0.145. The predicted molar refractivity (Wildman–Crippen MR) is 161 cm³/mol. The highest BCUT2D eigenvalue weighted by Crippen LogP contribution is 2.28. The van der Waals surface area contributed by atoms with Crippen LogP contribution in [0.1, 0.15) is 12.0 Å². The van der Waals surface area contributed by atoms with Crippen molar-refractivity contribution in [3.63, 3.8) is 0 Å². The Labute approximate surface area is 243 Å². The molecule has 9 nitrogen and oxygen atoms in total. The molecular weight excluding hydrogens is 535 g/mol. The molecule has 1 aliphatic heterocycles. The molecule has 42 heavy (non-hydrogen) atoms. The van der Waals surface area contributed by atoms with Gasteiger partial charge in [-0.05, 0) is 68.4 Å². The zero-order valence-corrected chi connectivity index (χ0v) is 24.0. The van der Waals surface area contributed by atoms with E-state index in [-0.39, 0.29) is 24.5 Å². The van der Waals surface area contributed by atoms with E-state index >= 15 is 0 Å². The Kier molecular flexibility index (Phi) is 8.16. The molecule has 6 rings (SSSR count). The van der Waals surface area contributed by atoms with Gasteiger partial charge in [0.1, 0.15) is 23.9 Å². The predicted octanol–water partition coefficient (Wildman–Crippen LogP) is 4.28. The first-order valence-electron chi connectivity index (χ1n) is 14.4. The van der Waals surface area contributed by atoms with Crippen molar-refractivity contribution in [3.8, 4) is 17.3 Å². The second-order valence-electron chi connectivity index (χ2n) is 10.8. The van der Waals surface area contributed by atoms with E-state index in [1.165, 1.54) is 22.9 Å². The SMILES string of the molecule is Cc1cn(-c2ccc(=O)n(CCOc3ccnc4cc(OCCCN5CCN(C)CC5)ccc34)n2)c2cc(F)ccc12. The fourth-order valence-electron chi connectivity index (χ4n) is 5.40. The molecule has 10 heteroatoms. The smallest absolute Gasteiger partial charge is 0.266 e. The summed E-state index contributed by atoms with van der Waals surface area (Å²) in [7, 11) is 2.17. The number of aryl methyl sites for hydroxylation is 1. The zero-order valence-electron chi connectivity index (χ0n) is 24.0. The van der Waals surface area contributed by atoms with Crippen LogP contribution in [-0.4, -0.2) is 82.1 Å². The summed E-state index contributed by atoms with van der Waals surface area (Å²) in [6, 6.07) is 15.4. The van der Waals surface area contributed by atoms with Gasteiger partial charge >= 0.3 is 0 Å². The highest BCUT2D eigenvalue weighted by Gasteiger charge is 2.14. The van der Waals surface area contributed by atoms with E-state index in [2.05, 4.69) is 26.9 Å². The Morgan fingerprint density at radius 3 is 2.60 bits per heavy atom. The summed E-state index contributed by atoms with van der Waals surface area (Å²) in [5, 5.41) is 6.34. The standard InChI is InChI=1S/C32H35FN6O3/c1-23-22-38(29-20-24(33)4-6-26(23)29)31-8-9-32(40)39(35-31)17-19-42-30-10-11-34-28-21-25(5-7-27(28)30)41-18-3-12-37-15-13-36(2)14-16-37/h4-11,20-22H,3,12-19H2,1-2H3. The minimum absolute atomic E-state index is 0.236. The molecule has 0 unspecified atom stereocenters. The lowest BCUT2D eigenvalue weighted by Crippen LogP contribution is -2.44. The fourth-order valence-corrected chi connectivity index (χ4v) is 5.40. The van der Waals surface area contributed by atoms with Crippen LogP contribution in [0.4, 0.5) is 4.39 Å². The highest BCUT2D eigenvalue weighted by molar-refractivity contribution is 5.86. The van der Waals surface area contributed by atoms with E-state index in [9.17, 15) is 9.18 Å². The summed E-state index contributed by atoms with van der Waals surface area (Å²) in [5.74, 6) is 1.66. The third kappa shape index (κ3) is 6.14. The summed E-state index contributed by atoms with van der Waals surface area (Å²) < 4.78 is 29.2. The van der Waals surface area contributed by atoms with E-state index < -0.39 is 0 Å². The van der Waals surface area contributed by atoms with Crippen molar-refractivity contribution in [2.75, 3.05) is 53.0 Å². The Balaban J connectivity index is 1.08. The van der Waals surface area contributed by atoms with Gasteiger partial charge in [-0.2, -0.15) is 5.10 Å². The van der Waals surface area contributed by atoms with Gasteiger partial charge in [0.2, 0.25) is 0 Å². The fraction of sp³-hybridized carbons (Fsp3) is 0.344. The molecule has 0 amide bonds. The number of rotatable bonds is 10. The molecule has 0 aliphatic carbocycles. The topological polar surface area (TPSA) is 77.7 Å². The molecule has 3 aromatic heterocycles. The number of likely N-dealkylation sites (N-methyl/N-ethyl adjacent to an activating group) is 1. The minimum Gasteiger partial charge on any atom is -0.493 e. The maximum Gasteiger partial charge on any atom is 0.266 e. The maximum absolute atomic E-state index is 14.0. The molecule has 218 valence electrons. The number of aromatic nitrogens is 4. The van der Waals surface area contributed by atoms with Gasteiger partial charge in [-0.3, -0.25) is 14.3 Å². The lowest BCUT2D eigenvalue weighted by Gasteiger charge is -2.32. The normalized spacial score (nSPS) is 14.5. The number of nitrogens with zero attached hydrogens (tertiary/aromatic N) is 6. The second-order valence-corrected chi connectivity index (χ2v) is 10.8. The monoisotopic (exact) mass is 570 g/mol.